The van der Waals surface area contributed by atoms with Crippen molar-refractivity contribution in [1.82, 2.24) is 4.90 Å². The first-order valence-electron chi connectivity index (χ1n) is 6.36. The monoisotopic (exact) mass is 296 g/mol. The molecule has 1 aliphatic rings. The molecule has 0 aromatic heterocycles. The van der Waals surface area contributed by atoms with Crippen molar-refractivity contribution in [1.29, 1.82) is 0 Å². The molecule has 1 aromatic rings. The molecule has 0 radical (unpaired) electrons. The molecule has 0 saturated carbocycles. The lowest BCUT2D eigenvalue weighted by molar-refractivity contribution is 0.0947. The number of likely N-dealkylation sites (tertiary alicyclic amines) is 1. The second-order valence-corrected chi connectivity index (χ2v) is 6.05. The molecule has 1 aliphatic heterocycles. The maximum absolute atomic E-state index is 6.33. The van der Waals surface area contributed by atoms with Gasteiger partial charge < -0.3 is 5.73 Å². The van der Waals surface area contributed by atoms with Gasteiger partial charge in [0.25, 0.3) is 0 Å². The Bertz CT molecular complexity index is 378. The van der Waals surface area contributed by atoms with E-state index in [0.717, 1.165) is 17.4 Å². The van der Waals surface area contributed by atoms with Gasteiger partial charge in [-0.25, -0.2) is 0 Å². The number of nitrogens with two attached hydrogens (primary N) is 1. The average Bonchev–Trinajstić information content (AvgIpc) is 2.28. The molecule has 2 nitrogen and oxygen atoms in total. The summed E-state index contributed by atoms with van der Waals surface area (Å²) in [5, 5.41) is 0. The number of nitrogens with zero attached hydrogens (tertiary/aromatic N) is 1. The van der Waals surface area contributed by atoms with Crippen LogP contribution >= 0.6 is 15.9 Å². The van der Waals surface area contributed by atoms with E-state index in [1.54, 1.807) is 0 Å². The van der Waals surface area contributed by atoms with E-state index < -0.39 is 0 Å². The Hall–Kier alpha value is -0.380. The normalized spacial score (nSPS) is 26.4. The molecule has 2 unspecified atom stereocenters. The third-order valence-corrected chi connectivity index (χ3v) is 4.06. The first kappa shape index (κ1) is 13.1. The van der Waals surface area contributed by atoms with Gasteiger partial charge in [0.15, 0.2) is 0 Å². The molecular formula is C14H21BrN2. The Morgan fingerprint density at radius 2 is 2.18 bits per heavy atom. The second kappa shape index (κ2) is 5.51. The van der Waals surface area contributed by atoms with E-state index in [2.05, 4.69) is 58.9 Å². The van der Waals surface area contributed by atoms with Crippen LogP contribution in [0.4, 0.5) is 0 Å². The van der Waals surface area contributed by atoms with E-state index in [9.17, 15) is 0 Å². The zero-order chi connectivity index (χ0) is 12.4. The number of halogens is 1. The van der Waals surface area contributed by atoms with Crippen LogP contribution in [0.1, 0.15) is 38.3 Å². The molecule has 2 rings (SSSR count). The van der Waals surface area contributed by atoms with Crippen molar-refractivity contribution < 1.29 is 0 Å². The van der Waals surface area contributed by atoms with Crippen molar-refractivity contribution >= 4 is 15.9 Å². The molecule has 1 fully saturated rings. The zero-order valence-corrected chi connectivity index (χ0v) is 12.2. The molecule has 2 N–H and O–H groups in total. The molecular weight excluding hydrogens is 276 g/mol. The number of rotatable bonds is 2. The fraction of sp³-hybridized carbons (Fsp3) is 0.571. The van der Waals surface area contributed by atoms with Crippen molar-refractivity contribution in [2.24, 2.45) is 5.73 Å². The first-order valence-corrected chi connectivity index (χ1v) is 7.15. The molecule has 1 heterocycles. The molecule has 3 heteroatoms. The standard InChI is InChI=1S/C14H21BrN2/c1-10(2)17-8-4-7-13(16)14(17)11-5-3-6-12(15)9-11/h3,5-6,9-10,13-14H,4,7-8,16H2,1-2H3. The van der Waals surface area contributed by atoms with Crippen LogP contribution < -0.4 is 5.73 Å². The quantitative estimate of drug-likeness (QED) is 0.907. The highest BCUT2D eigenvalue weighted by Gasteiger charge is 2.31. The highest BCUT2D eigenvalue weighted by atomic mass is 79.9. The van der Waals surface area contributed by atoms with Gasteiger partial charge in [0.05, 0.1) is 6.04 Å². The maximum Gasteiger partial charge on any atom is 0.0502 e. The summed E-state index contributed by atoms with van der Waals surface area (Å²) in [7, 11) is 0. The summed E-state index contributed by atoms with van der Waals surface area (Å²) in [5.74, 6) is 0. The van der Waals surface area contributed by atoms with Crippen LogP contribution in [-0.2, 0) is 0 Å². The van der Waals surface area contributed by atoms with Gasteiger partial charge in [0.2, 0.25) is 0 Å². The minimum absolute atomic E-state index is 0.250. The van der Waals surface area contributed by atoms with Gasteiger partial charge in [-0.15, -0.1) is 0 Å². The lowest BCUT2D eigenvalue weighted by Crippen LogP contribution is -2.48. The predicted molar refractivity (Wildman–Crippen MR) is 75.9 cm³/mol. The summed E-state index contributed by atoms with van der Waals surface area (Å²) >= 11 is 3.55. The third-order valence-electron chi connectivity index (χ3n) is 3.57. The molecule has 0 aliphatic carbocycles. The summed E-state index contributed by atoms with van der Waals surface area (Å²) in [4.78, 5) is 2.52. The summed E-state index contributed by atoms with van der Waals surface area (Å²) in [5.41, 5.74) is 7.67. The molecule has 1 saturated heterocycles. The summed E-state index contributed by atoms with van der Waals surface area (Å²) in [6, 6.07) is 9.71. The van der Waals surface area contributed by atoms with Crippen molar-refractivity contribution in [3.8, 4) is 0 Å². The van der Waals surface area contributed by atoms with Crippen LogP contribution in [0.15, 0.2) is 28.7 Å². The van der Waals surface area contributed by atoms with Gasteiger partial charge >= 0.3 is 0 Å². The van der Waals surface area contributed by atoms with Crippen molar-refractivity contribution in [3.05, 3.63) is 34.3 Å². The summed E-state index contributed by atoms with van der Waals surface area (Å²) in [6.45, 7) is 5.66. The Morgan fingerprint density at radius 3 is 2.82 bits per heavy atom. The largest absolute Gasteiger partial charge is 0.326 e. The topological polar surface area (TPSA) is 29.3 Å². The van der Waals surface area contributed by atoms with Gasteiger partial charge in [0.1, 0.15) is 0 Å². The van der Waals surface area contributed by atoms with Crippen LogP contribution in [-0.4, -0.2) is 23.5 Å². The molecule has 17 heavy (non-hydrogen) atoms. The van der Waals surface area contributed by atoms with Crippen LogP contribution in [0.5, 0.6) is 0 Å². The Labute approximate surface area is 112 Å². The van der Waals surface area contributed by atoms with Crippen LogP contribution in [0, 0.1) is 0 Å². The number of benzene rings is 1. The Morgan fingerprint density at radius 1 is 1.41 bits per heavy atom. The summed E-state index contributed by atoms with van der Waals surface area (Å²) in [6.07, 6.45) is 2.34. The smallest absolute Gasteiger partial charge is 0.0502 e. The van der Waals surface area contributed by atoms with Crippen LogP contribution in [0.25, 0.3) is 0 Å². The minimum atomic E-state index is 0.250. The van der Waals surface area contributed by atoms with E-state index >= 15 is 0 Å². The average molecular weight is 297 g/mol. The lowest BCUT2D eigenvalue weighted by Gasteiger charge is -2.42. The van der Waals surface area contributed by atoms with E-state index in [-0.39, 0.29) is 6.04 Å². The summed E-state index contributed by atoms with van der Waals surface area (Å²) < 4.78 is 1.14. The third kappa shape index (κ3) is 2.90. The number of hydrogen-bond acceptors (Lipinski definition) is 2. The maximum atomic E-state index is 6.33. The number of piperidine rings is 1. The van der Waals surface area contributed by atoms with Gasteiger partial charge in [-0.3, -0.25) is 4.90 Å². The van der Waals surface area contributed by atoms with E-state index in [0.29, 0.717) is 12.1 Å². The van der Waals surface area contributed by atoms with Crippen LogP contribution in [0.3, 0.4) is 0 Å². The van der Waals surface area contributed by atoms with E-state index in [4.69, 9.17) is 5.73 Å². The lowest BCUT2D eigenvalue weighted by atomic mass is 9.90. The predicted octanol–water partition coefficient (Wildman–Crippen LogP) is 3.32. The van der Waals surface area contributed by atoms with E-state index in [1.165, 1.54) is 12.0 Å². The number of hydrogen-bond donors (Lipinski definition) is 1. The van der Waals surface area contributed by atoms with Gasteiger partial charge in [-0.1, -0.05) is 28.1 Å². The fourth-order valence-electron chi connectivity index (χ4n) is 2.76. The molecule has 94 valence electrons. The molecule has 2 atom stereocenters. The molecule has 0 spiro atoms. The van der Waals surface area contributed by atoms with Crippen molar-refractivity contribution in [2.45, 2.75) is 44.8 Å². The molecule has 0 amide bonds. The zero-order valence-electron chi connectivity index (χ0n) is 10.6. The van der Waals surface area contributed by atoms with Gasteiger partial charge in [-0.05, 0) is 50.9 Å². The van der Waals surface area contributed by atoms with Crippen molar-refractivity contribution in [3.63, 3.8) is 0 Å². The minimum Gasteiger partial charge on any atom is -0.326 e. The highest BCUT2D eigenvalue weighted by molar-refractivity contribution is 9.10. The Kier molecular flexibility index (Phi) is 4.23. The molecule has 0 bridgehead atoms. The second-order valence-electron chi connectivity index (χ2n) is 5.14. The van der Waals surface area contributed by atoms with Gasteiger partial charge in [-0.2, -0.15) is 0 Å². The highest BCUT2D eigenvalue weighted by Crippen LogP contribution is 2.32. The Balaban J connectivity index is 2.31. The van der Waals surface area contributed by atoms with E-state index in [1.807, 2.05) is 0 Å². The first-order chi connectivity index (χ1) is 8.09. The molecule has 1 aromatic carbocycles. The SMILES string of the molecule is CC(C)N1CCCC(N)C1c1cccc(Br)c1. The fourth-order valence-corrected chi connectivity index (χ4v) is 3.18. The van der Waals surface area contributed by atoms with Crippen molar-refractivity contribution in [2.75, 3.05) is 6.54 Å². The van der Waals surface area contributed by atoms with Crippen LogP contribution in [0.2, 0.25) is 0 Å². The van der Waals surface area contributed by atoms with Gasteiger partial charge in [0, 0.05) is 16.6 Å².